The van der Waals surface area contributed by atoms with Gasteiger partial charge in [-0.1, -0.05) is 12.7 Å². The molecule has 152 valence electrons. The molecule has 4 heterocycles. The van der Waals surface area contributed by atoms with Crippen molar-refractivity contribution in [3.8, 4) is 0 Å². The van der Waals surface area contributed by atoms with Crippen molar-refractivity contribution < 1.29 is 23.9 Å². The Morgan fingerprint density at radius 1 is 0.900 bits per heavy atom. The summed E-state index contributed by atoms with van der Waals surface area (Å²) >= 11 is 2.59. The molecule has 30 heavy (non-hydrogen) atoms. The lowest BCUT2D eigenvalue weighted by Crippen LogP contribution is -1.96. The highest BCUT2D eigenvalue weighted by molar-refractivity contribution is 7.21. The van der Waals surface area contributed by atoms with Gasteiger partial charge in [0.15, 0.2) is 6.29 Å². The standard InChI is InChI=1S/C11H9NO2S.C10H7NO3S/c1-3-7-4-5-12-8-6-9(11(13)14-2)15-10(7)8;1-14-10(13)8-4-7-9(15-8)6(5-12)2-3-11-7/h3-6H,1H2,2H3;2-5H,1H3. The molecule has 0 unspecified atom stereocenters. The van der Waals surface area contributed by atoms with E-state index in [1.54, 1.807) is 36.7 Å². The van der Waals surface area contributed by atoms with Crippen molar-refractivity contribution in [2.75, 3.05) is 14.2 Å². The molecule has 0 saturated carbocycles. The molecule has 4 rings (SSSR count). The van der Waals surface area contributed by atoms with E-state index in [2.05, 4.69) is 26.0 Å². The Kier molecular flexibility index (Phi) is 6.65. The molecule has 0 fully saturated rings. The number of rotatable bonds is 4. The highest BCUT2D eigenvalue weighted by atomic mass is 32.1. The van der Waals surface area contributed by atoms with Crippen LogP contribution in [0.2, 0.25) is 0 Å². The molecule has 0 atom stereocenters. The summed E-state index contributed by atoms with van der Waals surface area (Å²) < 4.78 is 10.9. The van der Waals surface area contributed by atoms with Crippen LogP contribution in [0.1, 0.15) is 35.3 Å². The third-order valence-corrected chi connectivity index (χ3v) is 6.31. The molecule has 0 amide bonds. The van der Waals surface area contributed by atoms with Crippen molar-refractivity contribution in [1.82, 2.24) is 9.97 Å². The topological polar surface area (TPSA) is 95.5 Å². The number of nitrogens with zero attached hydrogens (tertiary/aromatic N) is 2. The first-order valence-corrected chi connectivity index (χ1v) is 10.2. The van der Waals surface area contributed by atoms with E-state index in [1.807, 2.05) is 6.07 Å². The SMILES string of the molecule is C=Cc1ccnc2cc(C(=O)OC)sc12.COC(=O)c1cc2nccc(C=O)c2s1. The van der Waals surface area contributed by atoms with Crippen LogP contribution in [0.5, 0.6) is 0 Å². The number of thiophene rings is 2. The summed E-state index contributed by atoms with van der Waals surface area (Å²) in [7, 11) is 2.69. The molecule has 4 aromatic heterocycles. The zero-order valence-electron chi connectivity index (χ0n) is 16.1. The fourth-order valence-corrected chi connectivity index (χ4v) is 4.62. The highest BCUT2D eigenvalue weighted by Crippen LogP contribution is 2.28. The Morgan fingerprint density at radius 3 is 1.80 bits per heavy atom. The Morgan fingerprint density at radius 2 is 1.37 bits per heavy atom. The predicted molar refractivity (Wildman–Crippen MR) is 117 cm³/mol. The van der Waals surface area contributed by atoms with E-state index >= 15 is 0 Å². The number of aromatic nitrogens is 2. The van der Waals surface area contributed by atoms with Crippen molar-refractivity contribution in [3.05, 3.63) is 64.1 Å². The predicted octanol–water partition coefficient (Wildman–Crippen LogP) is 4.62. The fourth-order valence-electron chi connectivity index (χ4n) is 2.57. The molecule has 0 aliphatic rings. The lowest BCUT2D eigenvalue weighted by Gasteiger charge is -1.93. The van der Waals surface area contributed by atoms with Crippen molar-refractivity contribution >= 4 is 67.4 Å². The van der Waals surface area contributed by atoms with E-state index < -0.39 is 5.97 Å². The second kappa shape index (κ2) is 9.38. The lowest BCUT2D eigenvalue weighted by molar-refractivity contribution is 0.0597. The average Bonchev–Trinajstić information content (AvgIpc) is 3.42. The Labute approximate surface area is 179 Å². The number of hydrogen-bond donors (Lipinski definition) is 0. The molecule has 0 aromatic carbocycles. The van der Waals surface area contributed by atoms with Crippen LogP contribution in [0.4, 0.5) is 0 Å². The van der Waals surface area contributed by atoms with E-state index in [-0.39, 0.29) is 5.97 Å². The van der Waals surface area contributed by atoms with E-state index in [0.717, 1.165) is 22.1 Å². The molecule has 4 aromatic rings. The van der Waals surface area contributed by atoms with Gasteiger partial charge in [-0.2, -0.15) is 0 Å². The molecule has 9 heteroatoms. The first kappa shape index (κ1) is 21.3. The van der Waals surface area contributed by atoms with Gasteiger partial charge in [0, 0.05) is 18.0 Å². The van der Waals surface area contributed by atoms with Gasteiger partial charge in [0.2, 0.25) is 0 Å². The normalized spacial score (nSPS) is 10.2. The van der Waals surface area contributed by atoms with Crippen LogP contribution in [0.15, 0.2) is 43.2 Å². The minimum Gasteiger partial charge on any atom is -0.465 e. The molecule has 0 aliphatic heterocycles. The number of esters is 2. The second-order valence-electron chi connectivity index (χ2n) is 5.76. The van der Waals surface area contributed by atoms with Crippen molar-refractivity contribution in [1.29, 1.82) is 0 Å². The third-order valence-electron chi connectivity index (χ3n) is 4.00. The van der Waals surface area contributed by atoms with Crippen molar-refractivity contribution in [2.45, 2.75) is 0 Å². The number of aldehydes is 1. The van der Waals surface area contributed by atoms with Gasteiger partial charge in [0.05, 0.1) is 34.7 Å². The second-order valence-corrected chi connectivity index (χ2v) is 7.86. The largest absolute Gasteiger partial charge is 0.465 e. The number of ether oxygens (including phenoxy) is 2. The summed E-state index contributed by atoms with van der Waals surface area (Å²) in [6.45, 7) is 3.72. The summed E-state index contributed by atoms with van der Waals surface area (Å²) in [6.07, 6.45) is 5.75. The van der Waals surface area contributed by atoms with Crippen LogP contribution in [-0.2, 0) is 9.47 Å². The van der Waals surface area contributed by atoms with E-state index in [1.165, 1.54) is 36.9 Å². The molecular formula is C21H16N2O5S2. The highest BCUT2D eigenvalue weighted by Gasteiger charge is 2.13. The Hall–Kier alpha value is -3.43. The molecule has 7 nitrogen and oxygen atoms in total. The van der Waals surface area contributed by atoms with E-state index in [9.17, 15) is 14.4 Å². The molecule has 0 N–H and O–H groups in total. The lowest BCUT2D eigenvalue weighted by atomic mass is 10.2. The summed E-state index contributed by atoms with van der Waals surface area (Å²) in [4.78, 5) is 42.6. The monoisotopic (exact) mass is 440 g/mol. The maximum Gasteiger partial charge on any atom is 0.348 e. The summed E-state index contributed by atoms with van der Waals surface area (Å²) in [6, 6.07) is 6.84. The maximum absolute atomic E-state index is 11.3. The van der Waals surface area contributed by atoms with Crippen LogP contribution >= 0.6 is 22.7 Å². The van der Waals surface area contributed by atoms with Gasteiger partial charge in [0.25, 0.3) is 0 Å². The van der Waals surface area contributed by atoms with Gasteiger partial charge in [-0.3, -0.25) is 14.8 Å². The van der Waals surface area contributed by atoms with E-state index in [4.69, 9.17) is 0 Å². The van der Waals surface area contributed by atoms with Gasteiger partial charge in [-0.15, -0.1) is 22.7 Å². The molecule has 0 aliphatic carbocycles. The van der Waals surface area contributed by atoms with Crippen LogP contribution in [0.3, 0.4) is 0 Å². The summed E-state index contributed by atoms with van der Waals surface area (Å²) in [5.74, 6) is -0.733. The Bertz CT molecular complexity index is 1160. The van der Waals surface area contributed by atoms with Gasteiger partial charge in [-0.25, -0.2) is 9.59 Å². The van der Waals surface area contributed by atoms with Crippen LogP contribution in [0, 0.1) is 0 Å². The number of fused-ring (bicyclic) bond motifs is 2. The minimum absolute atomic E-state index is 0.326. The number of methoxy groups -OCH3 is 2. The summed E-state index contributed by atoms with van der Waals surface area (Å²) in [5, 5.41) is 0. The van der Waals surface area contributed by atoms with Crippen LogP contribution in [-0.4, -0.2) is 42.4 Å². The molecule has 0 spiro atoms. The number of hydrogen-bond acceptors (Lipinski definition) is 9. The number of carbonyl (C=O) groups is 3. The zero-order valence-corrected chi connectivity index (χ0v) is 17.7. The van der Waals surface area contributed by atoms with Crippen LogP contribution in [0.25, 0.3) is 26.5 Å². The van der Waals surface area contributed by atoms with Gasteiger partial charge in [0.1, 0.15) is 9.75 Å². The minimum atomic E-state index is -0.408. The van der Waals surface area contributed by atoms with E-state index in [0.29, 0.717) is 25.5 Å². The number of carbonyl (C=O) groups excluding carboxylic acids is 3. The zero-order chi connectivity index (χ0) is 21.7. The Balaban J connectivity index is 0.000000171. The molecular weight excluding hydrogens is 424 g/mol. The van der Waals surface area contributed by atoms with Gasteiger partial charge >= 0.3 is 11.9 Å². The first-order chi connectivity index (χ1) is 14.5. The number of pyridine rings is 2. The molecule has 0 radical (unpaired) electrons. The maximum atomic E-state index is 11.3. The molecule has 0 bridgehead atoms. The smallest absolute Gasteiger partial charge is 0.348 e. The van der Waals surface area contributed by atoms with Crippen molar-refractivity contribution in [3.63, 3.8) is 0 Å². The first-order valence-electron chi connectivity index (χ1n) is 8.53. The average molecular weight is 441 g/mol. The van der Waals surface area contributed by atoms with Gasteiger partial charge < -0.3 is 9.47 Å². The van der Waals surface area contributed by atoms with Gasteiger partial charge in [-0.05, 0) is 29.8 Å². The quantitative estimate of drug-likeness (QED) is 0.337. The summed E-state index contributed by atoms with van der Waals surface area (Å²) in [5.41, 5.74) is 2.98. The molecule has 0 saturated heterocycles. The third kappa shape index (κ3) is 4.27. The van der Waals surface area contributed by atoms with Crippen LogP contribution < -0.4 is 0 Å². The van der Waals surface area contributed by atoms with Crippen molar-refractivity contribution in [2.24, 2.45) is 0 Å². The fraction of sp³-hybridized carbons (Fsp3) is 0.0952.